The van der Waals surface area contributed by atoms with Crippen molar-refractivity contribution in [1.29, 1.82) is 0 Å². The Labute approximate surface area is 149 Å². The van der Waals surface area contributed by atoms with Gasteiger partial charge in [0.1, 0.15) is 6.04 Å². The molecule has 2 N–H and O–H groups in total. The summed E-state index contributed by atoms with van der Waals surface area (Å²) in [5.41, 5.74) is 1.01. The van der Waals surface area contributed by atoms with E-state index in [1.807, 2.05) is 6.07 Å². The lowest BCUT2D eigenvalue weighted by Gasteiger charge is -2.21. The van der Waals surface area contributed by atoms with Crippen molar-refractivity contribution >= 4 is 17.5 Å². The van der Waals surface area contributed by atoms with Gasteiger partial charge in [0, 0.05) is 11.6 Å². The zero-order valence-corrected chi connectivity index (χ0v) is 14.1. The van der Waals surface area contributed by atoms with Crippen molar-refractivity contribution in [3.05, 3.63) is 70.7 Å². The summed E-state index contributed by atoms with van der Waals surface area (Å²) in [6.45, 7) is -0.0997. The van der Waals surface area contributed by atoms with E-state index in [1.54, 1.807) is 24.3 Å². The van der Waals surface area contributed by atoms with E-state index in [1.165, 1.54) is 24.3 Å². The van der Waals surface area contributed by atoms with Crippen molar-refractivity contribution in [2.75, 3.05) is 13.1 Å². The Morgan fingerprint density at radius 1 is 1.08 bits per heavy atom. The average molecular weight is 371 g/mol. The van der Waals surface area contributed by atoms with Crippen LogP contribution in [0.15, 0.2) is 54.6 Å². The molecule has 0 aliphatic carbocycles. The van der Waals surface area contributed by atoms with Crippen molar-refractivity contribution in [1.82, 2.24) is 10.6 Å². The minimum Gasteiger partial charge on any atom is -0.355 e. The van der Waals surface area contributed by atoms with Crippen LogP contribution in [0.25, 0.3) is 0 Å². The number of hydrogen-bond donors (Lipinski definition) is 2. The fraction of sp³-hybridized carbons (Fsp3) is 0.278. The van der Waals surface area contributed by atoms with Gasteiger partial charge < -0.3 is 5.32 Å². The van der Waals surface area contributed by atoms with Crippen LogP contribution in [0.5, 0.6) is 0 Å². The Balaban J connectivity index is 1.83. The van der Waals surface area contributed by atoms with Crippen molar-refractivity contribution in [3.63, 3.8) is 0 Å². The van der Waals surface area contributed by atoms with Crippen molar-refractivity contribution < 1.29 is 18.0 Å². The topological polar surface area (TPSA) is 41.1 Å². The average Bonchev–Trinajstić information content (AvgIpc) is 2.55. The maximum absolute atomic E-state index is 13.2. The summed E-state index contributed by atoms with van der Waals surface area (Å²) in [6, 6.07) is 12.8. The standard InChI is InChI=1S/C18H18ClF3N2O/c19-15-8-4-5-13(11-15)9-10-23-16(25)12-24-17(18(20,21)22)14-6-2-1-3-7-14/h1-8,11,17,24H,9-10,12H2,(H,23,25). The van der Waals surface area contributed by atoms with Gasteiger partial charge in [0.15, 0.2) is 0 Å². The van der Waals surface area contributed by atoms with Crippen molar-refractivity contribution in [3.8, 4) is 0 Å². The lowest BCUT2D eigenvalue weighted by Crippen LogP contribution is -2.41. The number of halogens is 4. The fourth-order valence-corrected chi connectivity index (χ4v) is 2.58. The number of amides is 1. The van der Waals surface area contributed by atoms with Gasteiger partial charge in [-0.2, -0.15) is 13.2 Å². The van der Waals surface area contributed by atoms with Gasteiger partial charge in [0.05, 0.1) is 6.54 Å². The Morgan fingerprint density at radius 3 is 2.44 bits per heavy atom. The van der Waals surface area contributed by atoms with Crippen LogP contribution in [0.2, 0.25) is 5.02 Å². The molecule has 0 heterocycles. The lowest BCUT2D eigenvalue weighted by molar-refractivity contribution is -0.158. The van der Waals surface area contributed by atoms with Gasteiger partial charge in [-0.15, -0.1) is 0 Å². The first-order valence-electron chi connectivity index (χ1n) is 7.72. The van der Waals surface area contributed by atoms with Crippen LogP contribution >= 0.6 is 11.6 Å². The van der Waals surface area contributed by atoms with Crippen molar-refractivity contribution in [2.45, 2.75) is 18.6 Å². The summed E-state index contributed by atoms with van der Waals surface area (Å²) in [4.78, 5) is 11.8. The second-order valence-electron chi connectivity index (χ2n) is 5.50. The zero-order chi connectivity index (χ0) is 18.3. The first-order chi connectivity index (χ1) is 11.9. The molecule has 25 heavy (non-hydrogen) atoms. The molecule has 2 rings (SSSR count). The SMILES string of the molecule is O=C(CNC(c1ccccc1)C(F)(F)F)NCCc1cccc(Cl)c1. The number of nitrogens with one attached hydrogen (secondary N) is 2. The van der Waals surface area contributed by atoms with Gasteiger partial charge in [-0.1, -0.05) is 54.1 Å². The number of benzene rings is 2. The van der Waals surface area contributed by atoms with E-state index in [2.05, 4.69) is 10.6 Å². The molecule has 0 fully saturated rings. The molecule has 0 aliphatic rings. The highest BCUT2D eigenvalue weighted by atomic mass is 35.5. The third-order valence-electron chi connectivity index (χ3n) is 3.55. The molecule has 0 saturated carbocycles. The number of alkyl halides is 3. The first kappa shape index (κ1) is 19.3. The Morgan fingerprint density at radius 2 is 1.80 bits per heavy atom. The highest BCUT2D eigenvalue weighted by Crippen LogP contribution is 2.32. The smallest absolute Gasteiger partial charge is 0.355 e. The zero-order valence-electron chi connectivity index (χ0n) is 13.3. The van der Waals surface area contributed by atoms with Gasteiger partial charge in [-0.05, 0) is 29.7 Å². The molecule has 0 aliphatic heterocycles. The minimum absolute atomic E-state index is 0.0710. The van der Waals surface area contributed by atoms with E-state index in [4.69, 9.17) is 11.6 Å². The third kappa shape index (κ3) is 6.40. The van der Waals surface area contributed by atoms with Crippen LogP contribution in [-0.4, -0.2) is 25.2 Å². The molecular weight excluding hydrogens is 353 g/mol. The van der Waals surface area contributed by atoms with E-state index >= 15 is 0 Å². The molecule has 0 bridgehead atoms. The van der Waals surface area contributed by atoms with Crippen LogP contribution in [0.4, 0.5) is 13.2 Å². The predicted molar refractivity (Wildman–Crippen MR) is 91.4 cm³/mol. The summed E-state index contributed by atoms with van der Waals surface area (Å²) in [6.07, 6.45) is -3.93. The fourth-order valence-electron chi connectivity index (χ4n) is 2.36. The summed E-state index contributed by atoms with van der Waals surface area (Å²) in [5.74, 6) is -0.493. The van der Waals surface area contributed by atoms with Gasteiger partial charge in [0.2, 0.25) is 5.91 Å². The molecule has 7 heteroatoms. The molecule has 1 unspecified atom stereocenters. The van der Waals surface area contributed by atoms with E-state index < -0.39 is 24.7 Å². The minimum atomic E-state index is -4.48. The Hall–Kier alpha value is -2.05. The summed E-state index contributed by atoms with van der Waals surface area (Å²) in [5, 5.41) is 5.47. The molecule has 134 valence electrons. The summed E-state index contributed by atoms with van der Waals surface area (Å²) < 4.78 is 39.5. The number of carbonyl (C=O) groups excluding carboxylic acids is 1. The monoisotopic (exact) mass is 370 g/mol. The molecule has 2 aromatic rings. The highest BCUT2D eigenvalue weighted by molar-refractivity contribution is 6.30. The van der Waals surface area contributed by atoms with Crippen LogP contribution < -0.4 is 10.6 Å². The van der Waals surface area contributed by atoms with Gasteiger partial charge >= 0.3 is 6.18 Å². The molecule has 1 amide bonds. The van der Waals surface area contributed by atoms with Crippen LogP contribution in [0.3, 0.4) is 0 Å². The molecule has 1 atom stereocenters. The van der Waals surface area contributed by atoms with Gasteiger partial charge in [-0.25, -0.2) is 0 Å². The molecular formula is C18H18ClF3N2O. The van der Waals surface area contributed by atoms with E-state index in [-0.39, 0.29) is 5.56 Å². The van der Waals surface area contributed by atoms with Crippen LogP contribution in [-0.2, 0) is 11.2 Å². The van der Waals surface area contributed by atoms with E-state index in [0.29, 0.717) is 18.0 Å². The van der Waals surface area contributed by atoms with Gasteiger partial charge in [-0.3, -0.25) is 10.1 Å². The number of hydrogen-bond acceptors (Lipinski definition) is 2. The Bertz CT molecular complexity index is 692. The number of carbonyl (C=O) groups is 1. The predicted octanol–water partition coefficient (Wildman–Crippen LogP) is 3.89. The maximum Gasteiger partial charge on any atom is 0.407 e. The molecule has 3 nitrogen and oxygen atoms in total. The summed E-state index contributed by atoms with van der Waals surface area (Å²) >= 11 is 5.87. The second-order valence-corrected chi connectivity index (χ2v) is 5.93. The molecule has 0 saturated heterocycles. The van der Waals surface area contributed by atoms with Crippen LogP contribution in [0.1, 0.15) is 17.2 Å². The van der Waals surface area contributed by atoms with Crippen LogP contribution in [0, 0.1) is 0 Å². The normalized spacial score (nSPS) is 12.6. The molecule has 2 aromatic carbocycles. The van der Waals surface area contributed by atoms with E-state index in [0.717, 1.165) is 5.56 Å². The highest BCUT2D eigenvalue weighted by Gasteiger charge is 2.40. The summed E-state index contributed by atoms with van der Waals surface area (Å²) in [7, 11) is 0. The largest absolute Gasteiger partial charge is 0.407 e. The van der Waals surface area contributed by atoms with Gasteiger partial charge in [0.25, 0.3) is 0 Å². The molecule has 0 spiro atoms. The first-order valence-corrected chi connectivity index (χ1v) is 8.10. The molecule has 0 aromatic heterocycles. The Kier molecular flexibility index (Phi) is 6.84. The number of rotatable bonds is 7. The maximum atomic E-state index is 13.2. The molecule has 0 radical (unpaired) electrons. The quantitative estimate of drug-likeness (QED) is 0.776. The van der Waals surface area contributed by atoms with Crippen molar-refractivity contribution in [2.24, 2.45) is 0 Å². The second kappa shape index (κ2) is 8.87. The van der Waals surface area contributed by atoms with E-state index in [9.17, 15) is 18.0 Å². The lowest BCUT2D eigenvalue weighted by atomic mass is 10.1. The third-order valence-corrected chi connectivity index (χ3v) is 3.79.